The lowest BCUT2D eigenvalue weighted by atomic mass is 9.92. The highest BCUT2D eigenvalue weighted by molar-refractivity contribution is 5.14. The third kappa shape index (κ3) is 2.07. The zero-order valence-corrected chi connectivity index (χ0v) is 7.90. The molecule has 1 heterocycles. The van der Waals surface area contributed by atoms with Crippen molar-refractivity contribution >= 4 is 0 Å². The molecule has 0 spiro atoms. The lowest BCUT2D eigenvalue weighted by molar-refractivity contribution is 0.0372. The van der Waals surface area contributed by atoms with E-state index >= 15 is 0 Å². The topological polar surface area (TPSA) is 33.1 Å². The Hall–Kier alpha value is -0.890. The zero-order valence-electron chi connectivity index (χ0n) is 7.90. The van der Waals surface area contributed by atoms with Crippen LogP contribution in [-0.2, 0) is 6.42 Å². The molecular weight excluding hydrogens is 162 g/mol. The second kappa shape index (κ2) is 3.11. The third-order valence-corrected chi connectivity index (χ3v) is 2.77. The van der Waals surface area contributed by atoms with Crippen molar-refractivity contribution in [2.45, 2.75) is 31.8 Å². The van der Waals surface area contributed by atoms with Crippen LogP contribution in [0.4, 0.5) is 0 Å². The van der Waals surface area contributed by atoms with Crippen molar-refractivity contribution in [3.8, 4) is 0 Å². The zero-order chi connectivity index (χ0) is 9.31. The molecule has 1 aliphatic rings. The largest absolute Gasteiger partial charge is 0.390 e. The summed E-state index contributed by atoms with van der Waals surface area (Å²) in [6, 6.07) is 3.94. The Morgan fingerprint density at radius 2 is 2.08 bits per heavy atom. The number of nitrogens with zero attached hydrogens (tertiary/aromatic N) is 1. The van der Waals surface area contributed by atoms with E-state index in [0.29, 0.717) is 5.92 Å². The predicted molar refractivity (Wildman–Crippen MR) is 51.3 cm³/mol. The molecule has 0 aliphatic heterocycles. The molecule has 2 nitrogen and oxygen atoms in total. The van der Waals surface area contributed by atoms with Gasteiger partial charge in [-0.2, -0.15) is 0 Å². The van der Waals surface area contributed by atoms with Gasteiger partial charge in [-0.15, -0.1) is 0 Å². The van der Waals surface area contributed by atoms with Gasteiger partial charge in [0.15, 0.2) is 0 Å². The van der Waals surface area contributed by atoms with Crippen molar-refractivity contribution in [1.29, 1.82) is 0 Å². The second-order valence-corrected chi connectivity index (χ2v) is 4.16. The van der Waals surface area contributed by atoms with E-state index in [1.807, 2.05) is 19.1 Å². The summed E-state index contributed by atoms with van der Waals surface area (Å²) in [4.78, 5) is 3.95. The molecule has 1 saturated carbocycles. The van der Waals surface area contributed by atoms with E-state index in [4.69, 9.17) is 0 Å². The molecule has 13 heavy (non-hydrogen) atoms. The summed E-state index contributed by atoms with van der Waals surface area (Å²) in [5.74, 6) is 0.515. The van der Waals surface area contributed by atoms with Gasteiger partial charge in [-0.1, -0.05) is 0 Å². The molecule has 1 atom stereocenters. The van der Waals surface area contributed by atoms with E-state index in [-0.39, 0.29) is 0 Å². The Labute approximate surface area is 78.6 Å². The number of hydrogen-bond acceptors (Lipinski definition) is 2. The minimum absolute atomic E-state index is 0.513. The predicted octanol–water partition coefficient (Wildman–Crippen LogP) is 1.79. The second-order valence-electron chi connectivity index (χ2n) is 4.16. The van der Waals surface area contributed by atoms with Crippen molar-refractivity contribution in [2.75, 3.05) is 0 Å². The molecule has 1 aliphatic carbocycles. The standard InChI is InChI=1S/C11H15NO/c1-11(13,10-2-3-10)8-9-4-6-12-7-5-9/h4-7,10,13H,2-3,8H2,1H3. The van der Waals surface area contributed by atoms with Crippen molar-refractivity contribution < 1.29 is 5.11 Å². The van der Waals surface area contributed by atoms with Crippen LogP contribution < -0.4 is 0 Å². The highest BCUT2D eigenvalue weighted by atomic mass is 16.3. The smallest absolute Gasteiger partial charge is 0.0687 e. The van der Waals surface area contributed by atoms with Crippen LogP contribution in [0, 0.1) is 5.92 Å². The first-order valence-electron chi connectivity index (χ1n) is 4.80. The van der Waals surface area contributed by atoms with E-state index in [9.17, 15) is 5.11 Å². The molecule has 70 valence electrons. The fourth-order valence-corrected chi connectivity index (χ4v) is 1.76. The van der Waals surface area contributed by atoms with Crippen LogP contribution in [0.1, 0.15) is 25.3 Å². The highest BCUT2D eigenvalue weighted by Gasteiger charge is 2.39. The Balaban J connectivity index is 2.04. The van der Waals surface area contributed by atoms with Gasteiger partial charge in [0.1, 0.15) is 0 Å². The van der Waals surface area contributed by atoms with Crippen molar-refractivity contribution in [3.63, 3.8) is 0 Å². The maximum Gasteiger partial charge on any atom is 0.0687 e. The molecular formula is C11H15NO. The first-order valence-corrected chi connectivity index (χ1v) is 4.80. The van der Waals surface area contributed by atoms with Crippen LogP contribution in [0.25, 0.3) is 0 Å². The fourth-order valence-electron chi connectivity index (χ4n) is 1.76. The summed E-state index contributed by atoms with van der Waals surface area (Å²) < 4.78 is 0. The summed E-state index contributed by atoms with van der Waals surface area (Å²) in [5.41, 5.74) is 0.661. The van der Waals surface area contributed by atoms with E-state index in [2.05, 4.69) is 4.98 Å². The molecule has 1 fully saturated rings. The average Bonchev–Trinajstić information content (AvgIpc) is 2.87. The number of rotatable bonds is 3. The number of pyridine rings is 1. The van der Waals surface area contributed by atoms with Gasteiger partial charge < -0.3 is 5.11 Å². The number of aliphatic hydroxyl groups is 1. The number of aromatic nitrogens is 1. The molecule has 0 bridgehead atoms. The Morgan fingerprint density at radius 1 is 1.46 bits per heavy atom. The van der Waals surface area contributed by atoms with Crippen molar-refractivity contribution in [3.05, 3.63) is 30.1 Å². The van der Waals surface area contributed by atoms with E-state index < -0.39 is 5.60 Å². The Bertz CT molecular complexity index is 277. The first kappa shape index (κ1) is 8.70. The van der Waals surface area contributed by atoms with Crippen LogP contribution in [0.2, 0.25) is 0 Å². The molecule has 0 radical (unpaired) electrons. The van der Waals surface area contributed by atoms with Gasteiger partial charge in [0.2, 0.25) is 0 Å². The number of hydrogen-bond donors (Lipinski definition) is 1. The minimum Gasteiger partial charge on any atom is -0.390 e. The van der Waals surface area contributed by atoms with Crippen molar-refractivity contribution in [1.82, 2.24) is 4.98 Å². The molecule has 0 aromatic carbocycles. The van der Waals surface area contributed by atoms with Crippen LogP contribution in [0.5, 0.6) is 0 Å². The van der Waals surface area contributed by atoms with Crippen LogP contribution in [-0.4, -0.2) is 15.7 Å². The highest BCUT2D eigenvalue weighted by Crippen LogP contribution is 2.40. The fraction of sp³-hybridized carbons (Fsp3) is 0.545. The molecule has 2 rings (SSSR count). The van der Waals surface area contributed by atoms with E-state index in [0.717, 1.165) is 6.42 Å². The minimum atomic E-state index is -0.513. The monoisotopic (exact) mass is 177 g/mol. The van der Waals surface area contributed by atoms with Gasteiger partial charge in [0, 0.05) is 18.8 Å². The lowest BCUT2D eigenvalue weighted by Crippen LogP contribution is -2.29. The maximum atomic E-state index is 10.1. The average molecular weight is 177 g/mol. The van der Waals surface area contributed by atoms with Crippen LogP contribution in [0.3, 0.4) is 0 Å². The van der Waals surface area contributed by atoms with E-state index in [1.165, 1.54) is 18.4 Å². The van der Waals surface area contributed by atoms with Gasteiger partial charge >= 0.3 is 0 Å². The first-order chi connectivity index (χ1) is 6.18. The van der Waals surface area contributed by atoms with Gasteiger partial charge in [-0.25, -0.2) is 0 Å². The van der Waals surface area contributed by atoms with E-state index in [1.54, 1.807) is 12.4 Å². The molecule has 1 unspecified atom stereocenters. The summed E-state index contributed by atoms with van der Waals surface area (Å²) in [6.45, 7) is 1.94. The molecule has 2 heteroatoms. The Morgan fingerprint density at radius 3 is 2.62 bits per heavy atom. The maximum absolute atomic E-state index is 10.1. The Kier molecular flexibility index (Phi) is 2.08. The summed E-state index contributed by atoms with van der Waals surface area (Å²) >= 11 is 0. The summed E-state index contributed by atoms with van der Waals surface area (Å²) in [7, 11) is 0. The normalized spacial score (nSPS) is 21.1. The molecule has 1 N–H and O–H groups in total. The molecule has 0 amide bonds. The SMILES string of the molecule is CC(O)(Cc1ccncc1)C1CC1. The van der Waals surface area contributed by atoms with Gasteiger partial charge in [-0.3, -0.25) is 4.98 Å². The van der Waals surface area contributed by atoms with Crippen LogP contribution in [0.15, 0.2) is 24.5 Å². The quantitative estimate of drug-likeness (QED) is 0.763. The lowest BCUT2D eigenvalue weighted by Gasteiger charge is -2.22. The molecule has 1 aromatic heterocycles. The van der Waals surface area contributed by atoms with Crippen molar-refractivity contribution in [2.24, 2.45) is 5.92 Å². The molecule has 0 saturated heterocycles. The molecule has 1 aromatic rings. The third-order valence-electron chi connectivity index (χ3n) is 2.77. The summed E-state index contributed by atoms with van der Waals surface area (Å²) in [6.07, 6.45) is 6.66. The van der Waals surface area contributed by atoms with Gasteiger partial charge in [-0.05, 0) is 43.4 Å². The van der Waals surface area contributed by atoms with Crippen LogP contribution >= 0.6 is 0 Å². The summed E-state index contributed by atoms with van der Waals surface area (Å²) in [5, 5.41) is 10.1. The van der Waals surface area contributed by atoms with Gasteiger partial charge in [0.05, 0.1) is 5.60 Å². The van der Waals surface area contributed by atoms with Gasteiger partial charge in [0.25, 0.3) is 0 Å².